The van der Waals surface area contributed by atoms with Crippen molar-refractivity contribution in [2.24, 2.45) is 10.2 Å². The van der Waals surface area contributed by atoms with E-state index in [9.17, 15) is 0 Å². The number of hydrogen-bond acceptors (Lipinski definition) is 2. The van der Waals surface area contributed by atoms with Crippen molar-refractivity contribution in [3.8, 4) is 0 Å². The van der Waals surface area contributed by atoms with Crippen molar-refractivity contribution in [3.63, 3.8) is 0 Å². The average molecular weight is 216 g/mol. The summed E-state index contributed by atoms with van der Waals surface area (Å²) in [4.78, 5) is 0.552. The van der Waals surface area contributed by atoms with E-state index >= 15 is 0 Å². The fourth-order valence-electron chi connectivity index (χ4n) is 1.69. The van der Waals surface area contributed by atoms with E-state index in [1.807, 2.05) is 12.2 Å². The lowest BCUT2D eigenvalue weighted by atomic mass is 9.99. The van der Waals surface area contributed by atoms with Crippen LogP contribution in [0.5, 0.6) is 0 Å². The van der Waals surface area contributed by atoms with Gasteiger partial charge in [-0.2, -0.15) is 5.11 Å². The summed E-state index contributed by atoms with van der Waals surface area (Å²) in [6, 6.07) is 6.38. The van der Waals surface area contributed by atoms with Gasteiger partial charge in [-0.3, -0.25) is 0 Å². The average Bonchev–Trinajstić information content (AvgIpc) is 2.20. The Hall–Kier alpha value is -1.35. The first-order valence-corrected chi connectivity index (χ1v) is 5.28. The third-order valence-electron chi connectivity index (χ3n) is 2.45. The molecule has 15 heavy (non-hydrogen) atoms. The van der Waals surface area contributed by atoms with Crippen LogP contribution in [0.3, 0.4) is 0 Å². The zero-order valence-electron chi connectivity index (χ0n) is 8.77. The summed E-state index contributed by atoms with van der Waals surface area (Å²) in [6.45, 7) is 4.18. The maximum atomic E-state index is 4.91. The molecule has 0 aromatic heterocycles. The number of benzene rings is 1. The van der Waals surface area contributed by atoms with Gasteiger partial charge in [-0.1, -0.05) is 42.1 Å². The van der Waals surface area contributed by atoms with Crippen molar-refractivity contribution in [1.82, 2.24) is 0 Å². The molecule has 1 heterocycles. The van der Waals surface area contributed by atoms with Crippen LogP contribution in [-0.2, 0) is 0 Å². The molecule has 0 radical (unpaired) electrons. The molecule has 0 amide bonds. The maximum Gasteiger partial charge on any atom is 0.148 e. The minimum Gasteiger partial charge on any atom is -0.175 e. The summed E-state index contributed by atoms with van der Waals surface area (Å²) >= 11 is 4.91. The third kappa shape index (κ3) is 2.18. The molecule has 1 aliphatic rings. The molecule has 0 fully saturated rings. The molecule has 1 aromatic rings. The Bertz CT molecular complexity index is 445. The Morgan fingerprint density at radius 1 is 1.27 bits per heavy atom. The topological polar surface area (TPSA) is 24.7 Å². The third-order valence-corrected chi connectivity index (χ3v) is 2.66. The van der Waals surface area contributed by atoms with Crippen LogP contribution in [0.25, 0.3) is 0 Å². The van der Waals surface area contributed by atoms with E-state index in [-0.39, 0.29) is 6.04 Å². The van der Waals surface area contributed by atoms with Crippen LogP contribution in [0.2, 0.25) is 0 Å². The van der Waals surface area contributed by atoms with Gasteiger partial charge in [-0.05, 0) is 31.1 Å². The first-order chi connectivity index (χ1) is 7.16. The number of thiocarbonyl (C=S) groups is 1. The van der Waals surface area contributed by atoms with Gasteiger partial charge < -0.3 is 0 Å². The molecule has 1 unspecified atom stereocenters. The normalized spacial score (nSPS) is 19.6. The van der Waals surface area contributed by atoms with E-state index in [1.165, 1.54) is 16.7 Å². The largest absolute Gasteiger partial charge is 0.175 e. The van der Waals surface area contributed by atoms with Crippen LogP contribution in [0.15, 0.2) is 40.6 Å². The number of hydrogen-bond donors (Lipinski definition) is 0. The van der Waals surface area contributed by atoms with Crippen molar-refractivity contribution < 1.29 is 0 Å². The highest BCUT2D eigenvalue weighted by Gasteiger charge is 2.12. The van der Waals surface area contributed by atoms with Crippen LogP contribution < -0.4 is 0 Å². The minimum atomic E-state index is 0.0253. The first kappa shape index (κ1) is 10.2. The molecule has 2 rings (SSSR count). The molecule has 1 atom stereocenters. The van der Waals surface area contributed by atoms with Crippen molar-refractivity contribution in [1.29, 1.82) is 0 Å². The summed E-state index contributed by atoms with van der Waals surface area (Å²) in [5.41, 5.74) is 3.71. The van der Waals surface area contributed by atoms with Gasteiger partial charge in [-0.15, -0.1) is 5.11 Å². The van der Waals surface area contributed by atoms with Gasteiger partial charge in [0.05, 0.1) is 0 Å². The molecule has 3 heteroatoms. The van der Waals surface area contributed by atoms with Gasteiger partial charge >= 0.3 is 0 Å². The van der Waals surface area contributed by atoms with Crippen LogP contribution >= 0.6 is 12.2 Å². The summed E-state index contributed by atoms with van der Waals surface area (Å²) in [7, 11) is 0. The van der Waals surface area contributed by atoms with Crippen molar-refractivity contribution >= 4 is 17.2 Å². The highest BCUT2D eigenvalue weighted by Crippen LogP contribution is 2.25. The molecule has 0 spiro atoms. The second-order valence-corrected chi connectivity index (χ2v) is 4.14. The van der Waals surface area contributed by atoms with E-state index < -0.39 is 0 Å². The SMILES string of the molecule is Cc1ccc(C2C=CC(=S)N=N2)c(C)c1. The molecule has 0 N–H and O–H groups in total. The summed E-state index contributed by atoms with van der Waals surface area (Å²) in [6.07, 6.45) is 3.83. The smallest absolute Gasteiger partial charge is 0.148 e. The van der Waals surface area contributed by atoms with E-state index in [2.05, 4.69) is 42.3 Å². The predicted molar refractivity (Wildman–Crippen MR) is 65.3 cm³/mol. The van der Waals surface area contributed by atoms with Gasteiger partial charge in [0.1, 0.15) is 11.0 Å². The van der Waals surface area contributed by atoms with E-state index in [0.29, 0.717) is 4.99 Å². The molecule has 0 saturated carbocycles. The van der Waals surface area contributed by atoms with E-state index in [1.54, 1.807) is 0 Å². The zero-order chi connectivity index (χ0) is 10.8. The predicted octanol–water partition coefficient (Wildman–Crippen LogP) is 3.69. The molecule has 1 aliphatic heterocycles. The van der Waals surface area contributed by atoms with Gasteiger partial charge in [0.15, 0.2) is 0 Å². The molecular weight excluding hydrogens is 204 g/mol. The Balaban J connectivity index is 2.35. The molecule has 0 aliphatic carbocycles. The number of rotatable bonds is 1. The maximum absolute atomic E-state index is 4.91. The van der Waals surface area contributed by atoms with Gasteiger partial charge in [0.25, 0.3) is 0 Å². The molecule has 76 valence electrons. The van der Waals surface area contributed by atoms with Gasteiger partial charge in [0, 0.05) is 0 Å². The van der Waals surface area contributed by atoms with Gasteiger partial charge in [0.2, 0.25) is 0 Å². The van der Waals surface area contributed by atoms with Crippen molar-refractivity contribution in [2.75, 3.05) is 0 Å². The van der Waals surface area contributed by atoms with Crippen LogP contribution in [0.4, 0.5) is 0 Å². The molecule has 1 aromatic carbocycles. The van der Waals surface area contributed by atoms with Crippen molar-refractivity contribution in [2.45, 2.75) is 19.9 Å². The fraction of sp³-hybridized carbons (Fsp3) is 0.250. The van der Waals surface area contributed by atoms with E-state index in [0.717, 1.165) is 0 Å². The van der Waals surface area contributed by atoms with Crippen LogP contribution in [-0.4, -0.2) is 4.99 Å². The summed E-state index contributed by atoms with van der Waals surface area (Å²) in [5.74, 6) is 0. The lowest BCUT2D eigenvalue weighted by molar-refractivity contribution is 0.831. The standard InChI is InChI=1S/C12H12N2S/c1-8-3-4-10(9(2)7-8)11-5-6-12(15)14-13-11/h3-7,11H,1-2H3. The quantitative estimate of drug-likeness (QED) is 0.657. The zero-order valence-corrected chi connectivity index (χ0v) is 9.58. The highest BCUT2D eigenvalue weighted by atomic mass is 32.1. The second-order valence-electron chi connectivity index (χ2n) is 3.72. The molecule has 2 nitrogen and oxygen atoms in total. The highest BCUT2D eigenvalue weighted by molar-refractivity contribution is 7.80. The van der Waals surface area contributed by atoms with Crippen LogP contribution in [0.1, 0.15) is 22.7 Å². The first-order valence-electron chi connectivity index (χ1n) is 4.87. The Morgan fingerprint density at radius 3 is 2.67 bits per heavy atom. The molecular formula is C12H12N2S. The fourth-order valence-corrected chi connectivity index (χ4v) is 1.81. The molecule has 0 saturated heterocycles. The number of aryl methyl sites for hydroxylation is 2. The van der Waals surface area contributed by atoms with E-state index in [4.69, 9.17) is 12.2 Å². The minimum absolute atomic E-state index is 0.0253. The monoisotopic (exact) mass is 216 g/mol. The number of azo groups is 1. The summed E-state index contributed by atoms with van der Waals surface area (Å²) in [5, 5.41) is 8.09. The number of nitrogens with zero attached hydrogens (tertiary/aromatic N) is 2. The van der Waals surface area contributed by atoms with Gasteiger partial charge in [-0.25, -0.2) is 0 Å². The van der Waals surface area contributed by atoms with Crippen LogP contribution in [0, 0.1) is 13.8 Å². The van der Waals surface area contributed by atoms with Crippen molar-refractivity contribution in [3.05, 3.63) is 47.0 Å². The Kier molecular flexibility index (Phi) is 2.73. The lowest BCUT2D eigenvalue weighted by Gasteiger charge is -2.13. The Labute approximate surface area is 94.7 Å². The summed E-state index contributed by atoms with van der Waals surface area (Å²) < 4.78 is 0. The second kappa shape index (κ2) is 4.03. The molecule has 0 bridgehead atoms. The lowest BCUT2D eigenvalue weighted by Crippen LogP contribution is -2.00. The Morgan fingerprint density at radius 2 is 2.07 bits per heavy atom.